The van der Waals surface area contributed by atoms with Gasteiger partial charge in [0.1, 0.15) is 16.1 Å². The predicted octanol–water partition coefficient (Wildman–Crippen LogP) is 5.42. The fourth-order valence-electron chi connectivity index (χ4n) is 2.98. The average molecular weight is 470 g/mol. The molecular weight excluding hydrogens is 450 g/mol. The van der Waals surface area contributed by atoms with Gasteiger partial charge >= 0.3 is 0 Å². The molecule has 0 saturated heterocycles. The van der Waals surface area contributed by atoms with Gasteiger partial charge in [0.25, 0.3) is 0 Å². The number of benzene rings is 2. The molecule has 0 aliphatic heterocycles. The van der Waals surface area contributed by atoms with Crippen molar-refractivity contribution < 1.29 is 4.79 Å². The number of carbonyl (C=O) groups is 1. The second-order valence-electron chi connectivity index (χ2n) is 6.92. The van der Waals surface area contributed by atoms with Crippen molar-refractivity contribution in [3.8, 4) is 0 Å². The van der Waals surface area contributed by atoms with Gasteiger partial charge in [0, 0.05) is 24.3 Å². The van der Waals surface area contributed by atoms with Crippen LogP contribution in [-0.4, -0.2) is 33.7 Å². The molecule has 0 aliphatic carbocycles. The summed E-state index contributed by atoms with van der Waals surface area (Å²) in [6.45, 7) is 2.63. The van der Waals surface area contributed by atoms with Crippen LogP contribution in [0.5, 0.6) is 0 Å². The van der Waals surface area contributed by atoms with Gasteiger partial charge in [-0.15, -0.1) is 0 Å². The van der Waals surface area contributed by atoms with Crippen LogP contribution in [0.25, 0.3) is 10.3 Å². The smallest absolute Gasteiger partial charge is 0.234 e. The van der Waals surface area contributed by atoms with Crippen molar-refractivity contribution in [1.82, 2.24) is 15.0 Å². The summed E-state index contributed by atoms with van der Waals surface area (Å²) in [5.74, 6) is 0.110. The van der Waals surface area contributed by atoms with Gasteiger partial charge in [-0.25, -0.2) is 9.97 Å². The minimum atomic E-state index is -0.118. The van der Waals surface area contributed by atoms with Crippen LogP contribution < -0.4 is 10.2 Å². The Morgan fingerprint density at radius 1 is 1.16 bits per heavy atom. The third kappa shape index (κ3) is 5.15. The van der Waals surface area contributed by atoms with Gasteiger partial charge in [-0.05, 0) is 30.2 Å². The number of hydrogen-bond acceptors (Lipinski definition) is 7. The Hall–Kier alpha value is -2.68. The van der Waals surface area contributed by atoms with E-state index in [-0.39, 0.29) is 11.7 Å². The highest BCUT2D eigenvalue weighted by Crippen LogP contribution is 2.34. The lowest BCUT2D eigenvalue weighted by Crippen LogP contribution is -2.15. The second-order valence-corrected chi connectivity index (χ2v) is 9.27. The predicted molar refractivity (Wildman–Crippen MR) is 129 cm³/mol. The first kappa shape index (κ1) is 21.5. The lowest BCUT2D eigenvalue weighted by Gasteiger charge is -2.15. The summed E-state index contributed by atoms with van der Waals surface area (Å²) in [5, 5.41) is 5.15. The van der Waals surface area contributed by atoms with E-state index in [1.807, 2.05) is 44.3 Å². The van der Waals surface area contributed by atoms with Gasteiger partial charge in [0.2, 0.25) is 5.91 Å². The molecule has 4 rings (SSSR count). The lowest BCUT2D eigenvalue weighted by atomic mass is 10.2. The van der Waals surface area contributed by atoms with Crippen LogP contribution >= 0.6 is 34.7 Å². The zero-order valence-corrected chi connectivity index (χ0v) is 19.4. The number of fused-ring (bicyclic) bond motifs is 1. The molecule has 0 saturated carbocycles. The van der Waals surface area contributed by atoms with E-state index >= 15 is 0 Å². The minimum Gasteiger partial charge on any atom is -0.347 e. The van der Waals surface area contributed by atoms with Crippen LogP contribution in [-0.2, 0) is 11.3 Å². The Morgan fingerprint density at radius 2 is 1.97 bits per heavy atom. The molecule has 0 radical (unpaired) electrons. The van der Waals surface area contributed by atoms with Crippen LogP contribution in [0.1, 0.15) is 11.1 Å². The summed E-state index contributed by atoms with van der Waals surface area (Å²) in [6.07, 6.45) is 1.49. The average Bonchev–Trinajstić information content (AvgIpc) is 3.21. The summed E-state index contributed by atoms with van der Waals surface area (Å²) in [7, 11) is 2.01. The number of nitrogens with zero attached hydrogens (tertiary/aromatic N) is 4. The van der Waals surface area contributed by atoms with Gasteiger partial charge in [-0.1, -0.05) is 71.1 Å². The second kappa shape index (κ2) is 9.64. The maximum atomic E-state index is 12.5. The van der Waals surface area contributed by atoms with Gasteiger partial charge in [-0.3, -0.25) is 4.79 Å². The monoisotopic (exact) mass is 469 g/mol. The van der Waals surface area contributed by atoms with Crippen molar-refractivity contribution in [2.75, 3.05) is 23.0 Å². The number of nitrogens with one attached hydrogen (secondary N) is 1. The zero-order valence-electron chi connectivity index (χ0n) is 17.0. The van der Waals surface area contributed by atoms with Gasteiger partial charge in [0.05, 0.1) is 5.75 Å². The van der Waals surface area contributed by atoms with E-state index in [2.05, 4.69) is 37.3 Å². The SMILES string of the molecule is Cc1c(Cl)cccc1NC(=O)CSc1ncnc2nc(N(C)Cc3ccccc3)sc12. The van der Waals surface area contributed by atoms with E-state index < -0.39 is 0 Å². The van der Waals surface area contributed by atoms with E-state index in [0.29, 0.717) is 16.4 Å². The third-order valence-corrected chi connectivity index (χ3v) is 7.31. The number of rotatable bonds is 7. The Morgan fingerprint density at radius 3 is 2.77 bits per heavy atom. The number of anilines is 2. The fourth-order valence-corrected chi connectivity index (χ4v) is 5.00. The van der Waals surface area contributed by atoms with Crippen LogP contribution in [0.3, 0.4) is 0 Å². The standard InChI is InChI=1S/C22H20ClN5OS2/c1-14-16(23)9-6-10-17(14)26-18(29)12-30-21-19-20(24-13-25-21)27-22(31-19)28(2)11-15-7-4-3-5-8-15/h3-10,13H,11-12H2,1-2H3,(H,26,29). The van der Waals surface area contributed by atoms with Crippen LogP contribution in [0.15, 0.2) is 59.9 Å². The summed E-state index contributed by atoms with van der Waals surface area (Å²) >= 11 is 9.03. The van der Waals surface area contributed by atoms with Crippen molar-refractivity contribution in [1.29, 1.82) is 0 Å². The molecule has 0 spiro atoms. The Labute approximate surface area is 193 Å². The molecular formula is C22H20ClN5OS2. The van der Waals surface area contributed by atoms with Gasteiger partial charge in [-0.2, -0.15) is 4.98 Å². The van der Waals surface area contributed by atoms with E-state index in [0.717, 1.165) is 27.0 Å². The number of thiazole rings is 1. The maximum Gasteiger partial charge on any atom is 0.234 e. The molecule has 2 heterocycles. The maximum absolute atomic E-state index is 12.5. The lowest BCUT2D eigenvalue weighted by molar-refractivity contribution is -0.113. The number of amides is 1. The number of thioether (sulfide) groups is 1. The van der Waals surface area contributed by atoms with Crippen molar-refractivity contribution in [3.05, 3.63) is 71.0 Å². The van der Waals surface area contributed by atoms with Crippen LogP contribution in [0, 0.1) is 6.92 Å². The number of hydrogen-bond donors (Lipinski definition) is 1. The molecule has 0 bridgehead atoms. The van der Waals surface area contributed by atoms with E-state index in [1.165, 1.54) is 35.0 Å². The van der Waals surface area contributed by atoms with Crippen LogP contribution in [0.2, 0.25) is 5.02 Å². The van der Waals surface area contributed by atoms with E-state index in [1.54, 1.807) is 6.07 Å². The summed E-state index contributed by atoms with van der Waals surface area (Å²) < 4.78 is 0.883. The quantitative estimate of drug-likeness (QED) is 0.288. The molecule has 0 aliphatic rings. The molecule has 1 N–H and O–H groups in total. The first-order chi connectivity index (χ1) is 15.0. The van der Waals surface area contributed by atoms with Gasteiger partial charge in [0.15, 0.2) is 10.8 Å². The normalized spacial score (nSPS) is 10.9. The Kier molecular flexibility index (Phi) is 6.70. The van der Waals surface area contributed by atoms with Crippen molar-refractivity contribution in [2.24, 2.45) is 0 Å². The molecule has 9 heteroatoms. The molecule has 2 aromatic heterocycles. The summed E-state index contributed by atoms with van der Waals surface area (Å²) in [5.41, 5.74) is 3.41. The molecule has 4 aromatic rings. The Bertz CT molecular complexity index is 1220. The van der Waals surface area contributed by atoms with Crippen LogP contribution in [0.4, 0.5) is 10.8 Å². The highest BCUT2D eigenvalue weighted by Gasteiger charge is 2.15. The Balaban J connectivity index is 1.45. The molecule has 0 atom stereocenters. The number of halogens is 1. The largest absolute Gasteiger partial charge is 0.347 e. The molecule has 1 amide bonds. The molecule has 158 valence electrons. The molecule has 31 heavy (non-hydrogen) atoms. The first-order valence-electron chi connectivity index (χ1n) is 9.55. The van der Waals surface area contributed by atoms with E-state index in [4.69, 9.17) is 11.6 Å². The summed E-state index contributed by atoms with van der Waals surface area (Å²) in [6, 6.07) is 15.7. The fraction of sp³-hybridized carbons (Fsp3) is 0.182. The molecule has 0 unspecified atom stereocenters. The van der Waals surface area contributed by atoms with Crippen molar-refractivity contribution >= 4 is 61.8 Å². The highest BCUT2D eigenvalue weighted by molar-refractivity contribution is 8.00. The van der Waals surface area contributed by atoms with Gasteiger partial charge < -0.3 is 10.2 Å². The van der Waals surface area contributed by atoms with Crippen molar-refractivity contribution in [3.63, 3.8) is 0 Å². The summed E-state index contributed by atoms with van der Waals surface area (Å²) in [4.78, 5) is 27.9. The molecule has 6 nitrogen and oxygen atoms in total. The van der Waals surface area contributed by atoms with Crippen molar-refractivity contribution in [2.45, 2.75) is 18.5 Å². The molecule has 2 aromatic carbocycles. The third-order valence-electron chi connectivity index (χ3n) is 4.62. The number of aromatic nitrogens is 3. The first-order valence-corrected chi connectivity index (χ1v) is 11.7. The van der Waals surface area contributed by atoms with E-state index in [9.17, 15) is 4.79 Å². The number of carbonyl (C=O) groups excluding carboxylic acids is 1. The minimum absolute atomic E-state index is 0.118. The zero-order chi connectivity index (χ0) is 21.8. The highest BCUT2D eigenvalue weighted by atomic mass is 35.5. The topological polar surface area (TPSA) is 71.0 Å². The molecule has 0 fully saturated rings.